The maximum absolute atomic E-state index is 14.9. The number of ether oxygens (including phenoxy) is 3. The van der Waals surface area contributed by atoms with Gasteiger partial charge >= 0.3 is 0 Å². The van der Waals surface area contributed by atoms with E-state index in [1.807, 2.05) is 24.3 Å². The molecule has 266 valence electrons. The second-order valence-corrected chi connectivity index (χ2v) is 12.4. The zero-order valence-electron chi connectivity index (χ0n) is 28.7. The SMILES string of the molecule is CCCc1ccc(-c2ccc(CCOCCCC(CCCCCOc3ccc(-c4cc(F)c(C#N)c(F)c4)c(F)c3)COC)c(F)c2F)cc1. The fourth-order valence-corrected chi connectivity index (χ4v) is 6.01. The lowest BCUT2D eigenvalue weighted by Crippen LogP contribution is -2.11. The zero-order valence-corrected chi connectivity index (χ0v) is 28.7. The van der Waals surface area contributed by atoms with Crippen molar-refractivity contribution in [2.24, 2.45) is 5.92 Å². The molecule has 9 heteroatoms. The fraction of sp³-hybridized carbons (Fsp3) is 0.390. The maximum atomic E-state index is 14.9. The minimum Gasteiger partial charge on any atom is -0.493 e. The Morgan fingerprint density at radius 1 is 0.680 bits per heavy atom. The molecule has 0 bridgehead atoms. The van der Waals surface area contributed by atoms with Crippen LogP contribution in [0.2, 0.25) is 0 Å². The van der Waals surface area contributed by atoms with Gasteiger partial charge < -0.3 is 14.2 Å². The van der Waals surface area contributed by atoms with Crippen molar-refractivity contribution in [1.82, 2.24) is 0 Å². The molecule has 0 aliphatic heterocycles. The van der Waals surface area contributed by atoms with E-state index < -0.39 is 34.6 Å². The molecule has 0 spiro atoms. The summed E-state index contributed by atoms with van der Waals surface area (Å²) in [7, 11) is 1.68. The van der Waals surface area contributed by atoms with E-state index in [0.29, 0.717) is 49.2 Å². The monoisotopic (exact) mass is 693 g/mol. The Labute approximate surface area is 291 Å². The van der Waals surface area contributed by atoms with Crippen molar-refractivity contribution in [2.45, 2.75) is 64.7 Å². The van der Waals surface area contributed by atoms with E-state index in [2.05, 4.69) is 6.92 Å². The van der Waals surface area contributed by atoms with E-state index >= 15 is 0 Å². The number of nitriles is 1. The van der Waals surface area contributed by atoms with Gasteiger partial charge in [0.25, 0.3) is 0 Å². The smallest absolute Gasteiger partial charge is 0.166 e. The van der Waals surface area contributed by atoms with E-state index in [1.54, 1.807) is 25.3 Å². The number of hydrogen-bond donors (Lipinski definition) is 0. The van der Waals surface area contributed by atoms with Crippen LogP contribution in [0.1, 0.15) is 68.6 Å². The second kappa shape index (κ2) is 19.8. The summed E-state index contributed by atoms with van der Waals surface area (Å²) in [5.74, 6) is -3.75. The van der Waals surface area contributed by atoms with Gasteiger partial charge in [0.2, 0.25) is 0 Å². The van der Waals surface area contributed by atoms with Gasteiger partial charge in [0.05, 0.1) is 13.2 Å². The predicted molar refractivity (Wildman–Crippen MR) is 185 cm³/mol. The molecule has 0 N–H and O–H groups in total. The van der Waals surface area contributed by atoms with Crippen LogP contribution in [-0.2, 0) is 22.3 Å². The molecule has 4 rings (SSSR count). The topological polar surface area (TPSA) is 51.5 Å². The lowest BCUT2D eigenvalue weighted by atomic mass is 9.97. The van der Waals surface area contributed by atoms with Crippen LogP contribution in [0.3, 0.4) is 0 Å². The van der Waals surface area contributed by atoms with Gasteiger partial charge in [0.15, 0.2) is 11.6 Å². The number of nitrogens with zero attached hydrogens (tertiary/aromatic N) is 1. The van der Waals surface area contributed by atoms with Crippen molar-refractivity contribution in [3.63, 3.8) is 0 Å². The first-order chi connectivity index (χ1) is 24.2. The maximum Gasteiger partial charge on any atom is 0.166 e. The third-order valence-corrected chi connectivity index (χ3v) is 8.72. The molecule has 0 amide bonds. The number of unbranched alkanes of at least 4 members (excludes halogenated alkanes) is 2. The summed E-state index contributed by atoms with van der Waals surface area (Å²) < 4.78 is 89.2. The minimum absolute atomic E-state index is 0.00197. The standard InChI is InChI=1S/C41H44F5NO3/c1-3-8-28-11-13-30(14-12-28)35-17-15-31(40(45)41(35)46)19-22-49-20-7-10-29(27-48-2)9-5-4-6-21-50-33-16-18-34(39(44)25-33)32-23-37(42)36(26-47)38(43)24-32/h11-18,23-25,29H,3-10,19-22,27H2,1-2H3. The average molecular weight is 694 g/mol. The Morgan fingerprint density at radius 2 is 1.40 bits per heavy atom. The highest BCUT2D eigenvalue weighted by Gasteiger charge is 2.16. The van der Waals surface area contributed by atoms with Crippen LogP contribution < -0.4 is 4.74 Å². The highest BCUT2D eigenvalue weighted by Crippen LogP contribution is 2.30. The van der Waals surface area contributed by atoms with Crippen molar-refractivity contribution in [3.8, 4) is 34.1 Å². The van der Waals surface area contributed by atoms with Gasteiger partial charge in [-0.25, -0.2) is 22.0 Å². The van der Waals surface area contributed by atoms with Crippen LogP contribution in [0.15, 0.2) is 66.7 Å². The Hall–Kier alpha value is -4.26. The summed E-state index contributed by atoms with van der Waals surface area (Å²) in [4.78, 5) is 0. The van der Waals surface area contributed by atoms with E-state index in [-0.39, 0.29) is 23.1 Å². The molecular weight excluding hydrogens is 649 g/mol. The molecule has 4 aromatic rings. The first-order valence-corrected chi connectivity index (χ1v) is 17.2. The van der Waals surface area contributed by atoms with Crippen molar-refractivity contribution in [2.75, 3.05) is 33.5 Å². The molecule has 0 radical (unpaired) electrons. The lowest BCUT2D eigenvalue weighted by Gasteiger charge is -2.16. The van der Waals surface area contributed by atoms with Crippen LogP contribution in [0.4, 0.5) is 22.0 Å². The van der Waals surface area contributed by atoms with Crippen molar-refractivity contribution in [3.05, 3.63) is 113 Å². The molecule has 4 nitrogen and oxygen atoms in total. The Kier molecular flexibility index (Phi) is 15.3. The Bertz CT molecular complexity index is 1700. The largest absolute Gasteiger partial charge is 0.493 e. The van der Waals surface area contributed by atoms with Gasteiger partial charge in [-0.15, -0.1) is 0 Å². The molecule has 0 aromatic heterocycles. The molecule has 1 atom stereocenters. The fourth-order valence-electron chi connectivity index (χ4n) is 6.01. The third-order valence-electron chi connectivity index (χ3n) is 8.72. The van der Waals surface area contributed by atoms with Gasteiger partial charge in [-0.05, 0) is 91.0 Å². The van der Waals surface area contributed by atoms with E-state index in [4.69, 9.17) is 19.5 Å². The Morgan fingerprint density at radius 3 is 2.08 bits per heavy atom. The van der Waals surface area contributed by atoms with Crippen molar-refractivity contribution >= 4 is 0 Å². The molecule has 1 unspecified atom stereocenters. The molecule has 0 heterocycles. The number of benzene rings is 4. The van der Waals surface area contributed by atoms with Crippen LogP contribution in [0.5, 0.6) is 5.75 Å². The highest BCUT2D eigenvalue weighted by molar-refractivity contribution is 5.67. The third kappa shape index (κ3) is 10.9. The molecule has 0 saturated heterocycles. The first kappa shape index (κ1) is 38.5. The number of rotatable bonds is 20. The second-order valence-electron chi connectivity index (χ2n) is 12.4. The van der Waals surface area contributed by atoms with Gasteiger partial charge in [0, 0.05) is 37.5 Å². The number of methoxy groups -OCH3 is 1. The van der Waals surface area contributed by atoms with Crippen molar-refractivity contribution < 1.29 is 36.2 Å². The van der Waals surface area contributed by atoms with Gasteiger partial charge in [-0.1, -0.05) is 62.6 Å². The van der Waals surface area contributed by atoms with Crippen LogP contribution in [-0.4, -0.2) is 33.5 Å². The summed E-state index contributed by atoms with van der Waals surface area (Å²) in [5.41, 5.74) is 1.69. The summed E-state index contributed by atoms with van der Waals surface area (Å²) >= 11 is 0. The quantitative estimate of drug-likeness (QED) is 0.0683. The highest BCUT2D eigenvalue weighted by atomic mass is 19.2. The molecule has 4 aromatic carbocycles. The normalized spacial score (nSPS) is 11.8. The van der Waals surface area contributed by atoms with Crippen LogP contribution in [0.25, 0.3) is 22.3 Å². The predicted octanol–water partition coefficient (Wildman–Crippen LogP) is 10.8. The summed E-state index contributed by atoms with van der Waals surface area (Å²) in [6.07, 6.45) is 7.60. The minimum atomic E-state index is -1.04. The molecule has 0 aliphatic carbocycles. The number of aryl methyl sites for hydroxylation is 1. The van der Waals surface area contributed by atoms with Gasteiger partial charge in [0.1, 0.15) is 34.8 Å². The van der Waals surface area contributed by atoms with Crippen molar-refractivity contribution in [1.29, 1.82) is 5.26 Å². The summed E-state index contributed by atoms with van der Waals surface area (Å²) in [6.45, 7) is 3.94. The van der Waals surface area contributed by atoms with Gasteiger partial charge in [-0.3, -0.25) is 0 Å². The lowest BCUT2D eigenvalue weighted by molar-refractivity contribution is 0.110. The first-order valence-electron chi connectivity index (χ1n) is 17.2. The van der Waals surface area contributed by atoms with Gasteiger partial charge in [-0.2, -0.15) is 5.26 Å². The van der Waals surface area contributed by atoms with E-state index in [9.17, 15) is 22.0 Å². The zero-order chi connectivity index (χ0) is 35.9. The van der Waals surface area contributed by atoms with E-state index in [0.717, 1.165) is 63.5 Å². The molecule has 0 fully saturated rings. The average Bonchev–Trinajstić information content (AvgIpc) is 3.10. The molecule has 50 heavy (non-hydrogen) atoms. The summed E-state index contributed by atoms with van der Waals surface area (Å²) in [5, 5.41) is 8.84. The molecular formula is C41H44F5NO3. The number of halogens is 5. The van der Waals surface area contributed by atoms with Crippen LogP contribution >= 0.6 is 0 Å². The summed E-state index contributed by atoms with van der Waals surface area (Å²) in [6, 6.07) is 18.3. The van der Waals surface area contributed by atoms with E-state index in [1.165, 1.54) is 23.8 Å². The number of hydrogen-bond acceptors (Lipinski definition) is 4. The van der Waals surface area contributed by atoms with Crippen LogP contribution in [0, 0.1) is 46.3 Å². The Balaban J connectivity index is 1.11. The molecule has 0 aliphatic rings. The molecule has 0 saturated carbocycles.